The molecule has 2 aromatic carbocycles. The molecule has 0 bridgehead atoms. The number of carbonyl (C=O) groups excluding carboxylic acids is 2. The fourth-order valence-electron chi connectivity index (χ4n) is 5.01. The lowest BCUT2D eigenvalue weighted by Gasteiger charge is -2.42. The zero-order valence-electron chi connectivity index (χ0n) is 21.5. The van der Waals surface area contributed by atoms with Gasteiger partial charge in [-0.15, -0.1) is 0 Å². The molecular weight excluding hydrogens is 492 g/mol. The Morgan fingerprint density at radius 2 is 1.68 bits per heavy atom. The third kappa shape index (κ3) is 5.56. The van der Waals surface area contributed by atoms with Gasteiger partial charge in [-0.1, -0.05) is 48.5 Å². The number of likely N-dealkylation sites (N-methyl/N-ethyl adjacent to an activating group) is 1. The highest BCUT2D eigenvalue weighted by molar-refractivity contribution is 7.89. The number of hydrogen-bond donors (Lipinski definition) is 1. The highest BCUT2D eigenvalue weighted by Crippen LogP contribution is 2.32. The molecule has 0 spiro atoms. The summed E-state index contributed by atoms with van der Waals surface area (Å²) in [5, 5.41) is 2.97. The van der Waals surface area contributed by atoms with Crippen LogP contribution in [0, 0.1) is 0 Å². The number of nitrogens with zero attached hydrogens (tertiary/aromatic N) is 3. The van der Waals surface area contributed by atoms with E-state index in [-0.39, 0.29) is 23.6 Å². The van der Waals surface area contributed by atoms with Gasteiger partial charge in [-0.2, -0.15) is 4.31 Å². The molecule has 37 heavy (non-hydrogen) atoms. The van der Waals surface area contributed by atoms with E-state index in [9.17, 15) is 18.0 Å². The molecule has 2 atom stereocenters. The van der Waals surface area contributed by atoms with Crippen molar-refractivity contribution >= 4 is 22.0 Å². The number of amides is 2. The summed E-state index contributed by atoms with van der Waals surface area (Å²) in [5.74, 6) is -0.469. The third-order valence-corrected chi connectivity index (χ3v) is 8.78. The highest BCUT2D eigenvalue weighted by atomic mass is 32.2. The van der Waals surface area contributed by atoms with Crippen LogP contribution in [-0.2, 0) is 19.6 Å². The number of carbonyl (C=O) groups is 2. The van der Waals surface area contributed by atoms with Crippen molar-refractivity contribution in [1.82, 2.24) is 19.4 Å². The Labute approximate surface area is 218 Å². The molecule has 0 aliphatic carbocycles. The Morgan fingerprint density at radius 1 is 1.03 bits per heavy atom. The van der Waals surface area contributed by atoms with Crippen LogP contribution in [0.25, 0.3) is 0 Å². The summed E-state index contributed by atoms with van der Waals surface area (Å²) >= 11 is 0. The predicted octanol–water partition coefficient (Wildman–Crippen LogP) is 2.99. The number of piperazine rings is 1. The van der Waals surface area contributed by atoms with Crippen LogP contribution < -0.4 is 5.32 Å². The Kier molecular flexibility index (Phi) is 8.31. The van der Waals surface area contributed by atoms with E-state index in [2.05, 4.69) is 10.2 Å². The number of rotatable bonds is 8. The zero-order valence-corrected chi connectivity index (χ0v) is 22.3. The maximum Gasteiger partial charge on any atom is 0.338 e. The van der Waals surface area contributed by atoms with Crippen molar-refractivity contribution in [1.29, 1.82) is 0 Å². The van der Waals surface area contributed by atoms with E-state index in [4.69, 9.17) is 4.74 Å². The van der Waals surface area contributed by atoms with Crippen molar-refractivity contribution in [2.75, 3.05) is 39.3 Å². The van der Waals surface area contributed by atoms with E-state index in [0.29, 0.717) is 44.0 Å². The van der Waals surface area contributed by atoms with Crippen molar-refractivity contribution in [2.45, 2.75) is 37.8 Å². The summed E-state index contributed by atoms with van der Waals surface area (Å²) in [6.07, 6.45) is 0. The maximum absolute atomic E-state index is 13.2. The summed E-state index contributed by atoms with van der Waals surface area (Å²) in [7, 11) is -3.62. The summed E-state index contributed by atoms with van der Waals surface area (Å²) in [4.78, 5) is 30.3. The molecule has 1 fully saturated rings. The van der Waals surface area contributed by atoms with Crippen LogP contribution >= 0.6 is 0 Å². The molecule has 2 aliphatic rings. The fourth-order valence-corrected chi connectivity index (χ4v) is 6.64. The van der Waals surface area contributed by atoms with Crippen LogP contribution in [-0.4, -0.2) is 79.9 Å². The Morgan fingerprint density at radius 3 is 2.27 bits per heavy atom. The van der Waals surface area contributed by atoms with Crippen LogP contribution in [0.1, 0.15) is 32.4 Å². The first-order valence-electron chi connectivity index (χ1n) is 12.6. The van der Waals surface area contributed by atoms with Crippen molar-refractivity contribution in [3.63, 3.8) is 0 Å². The summed E-state index contributed by atoms with van der Waals surface area (Å²) < 4.78 is 33.4. The zero-order chi connectivity index (χ0) is 26.6. The van der Waals surface area contributed by atoms with Gasteiger partial charge < -0.3 is 10.1 Å². The van der Waals surface area contributed by atoms with E-state index >= 15 is 0 Å². The van der Waals surface area contributed by atoms with Gasteiger partial charge in [0.2, 0.25) is 10.0 Å². The first-order chi connectivity index (χ1) is 17.8. The van der Waals surface area contributed by atoms with Gasteiger partial charge >= 0.3 is 12.0 Å². The maximum atomic E-state index is 13.2. The standard InChI is InChI=1S/C27H34N4O5S/c1-4-30-23(24(26(32)36-5-2)25(28-27(30)33)21-12-8-6-9-13-21)19-29-16-17-31(20(3)18-29)37(34,35)22-14-10-7-11-15-22/h6-15,20,25H,4-5,16-19H2,1-3H3,(H,28,33)/t20-,25-/m0/s1. The summed E-state index contributed by atoms with van der Waals surface area (Å²) in [5.41, 5.74) is 1.78. The van der Waals surface area contributed by atoms with Gasteiger partial charge in [-0.25, -0.2) is 18.0 Å². The first-order valence-corrected chi connectivity index (χ1v) is 14.0. The lowest BCUT2D eigenvalue weighted by atomic mass is 9.94. The van der Waals surface area contributed by atoms with Crippen molar-refractivity contribution < 1.29 is 22.7 Å². The van der Waals surface area contributed by atoms with Gasteiger partial charge in [0.15, 0.2) is 0 Å². The molecule has 1 N–H and O–H groups in total. The molecule has 0 radical (unpaired) electrons. The molecule has 2 aromatic rings. The van der Waals surface area contributed by atoms with Gasteiger partial charge in [0.05, 0.1) is 23.1 Å². The first kappa shape index (κ1) is 26.8. The minimum atomic E-state index is -3.62. The molecule has 2 aliphatic heterocycles. The van der Waals surface area contributed by atoms with Gasteiger partial charge in [0.25, 0.3) is 0 Å². The molecule has 198 valence electrons. The minimum absolute atomic E-state index is 0.213. The third-order valence-electron chi connectivity index (χ3n) is 6.76. The Balaban J connectivity index is 1.64. The normalized spacial score (nSPS) is 21.6. The summed E-state index contributed by atoms with van der Waals surface area (Å²) in [6.45, 7) is 7.63. The van der Waals surface area contributed by atoms with Gasteiger partial charge in [0.1, 0.15) is 0 Å². The number of nitrogens with one attached hydrogen (secondary N) is 1. The molecule has 10 heteroatoms. The Hall–Kier alpha value is -3.21. The summed E-state index contributed by atoms with van der Waals surface area (Å²) in [6, 6.07) is 16.6. The second kappa shape index (κ2) is 11.5. The van der Waals surface area contributed by atoms with Gasteiger partial charge in [-0.05, 0) is 38.5 Å². The Bertz CT molecular complexity index is 1250. The largest absolute Gasteiger partial charge is 0.463 e. The topological polar surface area (TPSA) is 99.3 Å². The molecule has 0 saturated carbocycles. The molecule has 9 nitrogen and oxygen atoms in total. The van der Waals surface area contributed by atoms with Crippen LogP contribution in [0.5, 0.6) is 0 Å². The van der Waals surface area contributed by atoms with Gasteiger partial charge in [-0.3, -0.25) is 9.80 Å². The number of sulfonamides is 1. The number of hydrogen-bond acceptors (Lipinski definition) is 6. The SMILES string of the molecule is CCOC(=O)C1=C(CN2CCN(S(=O)(=O)c3ccccc3)[C@@H](C)C2)N(CC)C(=O)N[C@H]1c1ccccc1. The fraction of sp³-hybridized carbons (Fsp3) is 0.407. The molecular formula is C27H34N4O5S. The monoisotopic (exact) mass is 526 g/mol. The quantitative estimate of drug-likeness (QED) is 0.531. The highest BCUT2D eigenvalue weighted by Gasteiger charge is 2.40. The second-order valence-electron chi connectivity index (χ2n) is 9.13. The number of esters is 1. The van der Waals surface area contributed by atoms with Crippen molar-refractivity contribution in [2.24, 2.45) is 0 Å². The van der Waals surface area contributed by atoms with Crippen LogP contribution in [0.2, 0.25) is 0 Å². The number of ether oxygens (including phenoxy) is 1. The van der Waals surface area contributed by atoms with Crippen LogP contribution in [0.3, 0.4) is 0 Å². The molecule has 0 aromatic heterocycles. The average molecular weight is 527 g/mol. The molecule has 1 saturated heterocycles. The second-order valence-corrected chi connectivity index (χ2v) is 11.0. The van der Waals surface area contributed by atoms with E-state index in [1.54, 1.807) is 42.2 Å². The van der Waals surface area contributed by atoms with E-state index in [0.717, 1.165) is 5.56 Å². The van der Waals surface area contributed by atoms with Gasteiger partial charge in [0, 0.05) is 44.5 Å². The van der Waals surface area contributed by atoms with Crippen molar-refractivity contribution in [3.8, 4) is 0 Å². The van der Waals surface area contributed by atoms with Crippen molar-refractivity contribution in [3.05, 3.63) is 77.5 Å². The smallest absolute Gasteiger partial charge is 0.338 e. The van der Waals surface area contributed by atoms with E-state index in [1.807, 2.05) is 44.2 Å². The molecule has 2 amide bonds. The number of urea groups is 1. The molecule has 2 heterocycles. The van der Waals surface area contributed by atoms with E-state index in [1.165, 1.54) is 4.31 Å². The predicted molar refractivity (Wildman–Crippen MR) is 140 cm³/mol. The van der Waals surface area contributed by atoms with Crippen LogP contribution in [0.4, 0.5) is 4.79 Å². The van der Waals surface area contributed by atoms with Crippen LogP contribution in [0.15, 0.2) is 76.8 Å². The minimum Gasteiger partial charge on any atom is -0.463 e. The number of benzene rings is 2. The molecule has 4 rings (SSSR count). The lowest BCUT2D eigenvalue weighted by molar-refractivity contribution is -0.139. The average Bonchev–Trinajstić information content (AvgIpc) is 2.89. The molecule has 0 unspecified atom stereocenters. The lowest BCUT2D eigenvalue weighted by Crippen LogP contribution is -2.56. The van der Waals surface area contributed by atoms with E-state index < -0.39 is 22.0 Å².